The molecule has 1 rings (SSSR count). The van der Waals surface area contributed by atoms with Crippen LogP contribution >= 0.6 is 0 Å². The van der Waals surface area contributed by atoms with Gasteiger partial charge in [0.25, 0.3) is 0 Å². The lowest BCUT2D eigenvalue weighted by molar-refractivity contribution is 0.185. The van der Waals surface area contributed by atoms with Gasteiger partial charge in [0, 0.05) is 7.11 Å². The number of benzene rings is 1. The maximum atomic E-state index is 5.08. The minimum absolute atomic E-state index is 0.710. The highest BCUT2D eigenvalue weighted by molar-refractivity contribution is 5.36. The van der Waals surface area contributed by atoms with Crippen molar-refractivity contribution in [1.29, 1.82) is 0 Å². The zero-order valence-corrected chi connectivity index (χ0v) is 12.3. The molecule has 0 radical (unpaired) electrons. The predicted octanol–water partition coefficient (Wildman–Crippen LogP) is 4.81. The maximum absolute atomic E-state index is 5.08. The molecule has 0 heterocycles. The van der Waals surface area contributed by atoms with Gasteiger partial charge in [0.15, 0.2) is 0 Å². The molecule has 0 aliphatic carbocycles. The van der Waals surface area contributed by atoms with Gasteiger partial charge in [0.1, 0.15) is 0 Å². The third-order valence-corrected chi connectivity index (χ3v) is 2.30. The standard InChI is InChI=1S/C11H16O.2C2H6/c1-8-5-11(7-12-4)6-9(2)10(8)3;2*1-2/h5-6H,7H2,1-4H3;2*1-2H3. The van der Waals surface area contributed by atoms with Crippen molar-refractivity contribution in [2.75, 3.05) is 7.11 Å². The van der Waals surface area contributed by atoms with Gasteiger partial charge >= 0.3 is 0 Å². The van der Waals surface area contributed by atoms with Crippen molar-refractivity contribution in [3.63, 3.8) is 0 Å². The molecule has 0 aliphatic heterocycles. The Bertz CT molecular complexity index is 254. The predicted molar refractivity (Wildman–Crippen MR) is 74.1 cm³/mol. The Morgan fingerprint density at radius 1 is 0.875 bits per heavy atom. The van der Waals surface area contributed by atoms with Crippen LogP contribution in [0, 0.1) is 20.8 Å². The van der Waals surface area contributed by atoms with E-state index in [9.17, 15) is 0 Å². The number of methoxy groups -OCH3 is 1. The molecule has 94 valence electrons. The zero-order chi connectivity index (χ0) is 13.1. The van der Waals surface area contributed by atoms with Crippen molar-refractivity contribution in [1.82, 2.24) is 0 Å². The summed E-state index contributed by atoms with van der Waals surface area (Å²) in [6, 6.07) is 4.37. The van der Waals surface area contributed by atoms with Crippen molar-refractivity contribution in [3.05, 3.63) is 34.4 Å². The molecule has 0 aliphatic rings. The Balaban J connectivity index is 0. The van der Waals surface area contributed by atoms with Crippen LogP contribution in [0.1, 0.15) is 49.9 Å². The Morgan fingerprint density at radius 2 is 1.25 bits per heavy atom. The summed E-state index contributed by atoms with van der Waals surface area (Å²) >= 11 is 0. The van der Waals surface area contributed by atoms with Crippen molar-refractivity contribution in [3.8, 4) is 0 Å². The Morgan fingerprint density at radius 3 is 1.56 bits per heavy atom. The molecule has 0 atom stereocenters. The van der Waals surface area contributed by atoms with E-state index in [1.54, 1.807) is 7.11 Å². The molecule has 0 saturated carbocycles. The highest BCUT2D eigenvalue weighted by Gasteiger charge is 1.99. The fourth-order valence-electron chi connectivity index (χ4n) is 1.38. The molecule has 0 spiro atoms. The van der Waals surface area contributed by atoms with Crippen LogP contribution in [-0.2, 0) is 11.3 Å². The number of aryl methyl sites for hydroxylation is 2. The van der Waals surface area contributed by atoms with Crippen LogP contribution in [0.4, 0.5) is 0 Å². The van der Waals surface area contributed by atoms with E-state index >= 15 is 0 Å². The van der Waals surface area contributed by atoms with Gasteiger partial charge in [-0.25, -0.2) is 0 Å². The van der Waals surface area contributed by atoms with Crippen molar-refractivity contribution in [2.24, 2.45) is 0 Å². The van der Waals surface area contributed by atoms with Crippen LogP contribution in [-0.4, -0.2) is 7.11 Å². The molecule has 0 fully saturated rings. The number of hydrogen-bond acceptors (Lipinski definition) is 1. The summed E-state index contributed by atoms with van der Waals surface area (Å²) < 4.78 is 5.08. The third-order valence-electron chi connectivity index (χ3n) is 2.30. The van der Waals surface area contributed by atoms with E-state index in [4.69, 9.17) is 4.74 Å². The van der Waals surface area contributed by atoms with E-state index in [1.807, 2.05) is 27.7 Å². The minimum atomic E-state index is 0.710. The van der Waals surface area contributed by atoms with Crippen LogP contribution in [0.2, 0.25) is 0 Å². The Hall–Kier alpha value is -0.820. The van der Waals surface area contributed by atoms with Crippen LogP contribution in [0.15, 0.2) is 12.1 Å². The molecule has 0 N–H and O–H groups in total. The van der Waals surface area contributed by atoms with Gasteiger partial charge in [-0.05, 0) is 43.0 Å². The van der Waals surface area contributed by atoms with Gasteiger partial charge < -0.3 is 4.74 Å². The zero-order valence-electron chi connectivity index (χ0n) is 12.3. The molecular weight excluding hydrogens is 196 g/mol. The van der Waals surface area contributed by atoms with E-state index in [0.717, 1.165) is 0 Å². The molecule has 0 bridgehead atoms. The monoisotopic (exact) mass is 224 g/mol. The quantitative estimate of drug-likeness (QED) is 0.700. The molecule has 0 amide bonds. The van der Waals surface area contributed by atoms with Crippen LogP contribution in [0.25, 0.3) is 0 Å². The highest BCUT2D eigenvalue weighted by Crippen LogP contribution is 2.15. The lowest BCUT2D eigenvalue weighted by Gasteiger charge is -2.07. The summed E-state index contributed by atoms with van der Waals surface area (Å²) in [4.78, 5) is 0. The fourth-order valence-corrected chi connectivity index (χ4v) is 1.38. The third kappa shape index (κ3) is 5.92. The fraction of sp³-hybridized carbons (Fsp3) is 0.600. The number of rotatable bonds is 2. The first-order valence-corrected chi connectivity index (χ1v) is 6.21. The molecule has 1 aromatic carbocycles. The second kappa shape index (κ2) is 10.7. The second-order valence-corrected chi connectivity index (χ2v) is 3.29. The van der Waals surface area contributed by atoms with E-state index in [1.165, 1.54) is 22.3 Å². The van der Waals surface area contributed by atoms with Crippen LogP contribution < -0.4 is 0 Å². The SMILES string of the molecule is CC.CC.COCc1cc(C)c(C)c(C)c1. The Kier molecular flexibility index (Phi) is 11.7. The smallest absolute Gasteiger partial charge is 0.0713 e. The summed E-state index contributed by atoms with van der Waals surface area (Å²) in [5.74, 6) is 0. The van der Waals surface area contributed by atoms with Crippen molar-refractivity contribution >= 4 is 0 Å². The summed E-state index contributed by atoms with van der Waals surface area (Å²) in [5.41, 5.74) is 5.34. The molecule has 0 unspecified atom stereocenters. The lowest BCUT2D eigenvalue weighted by atomic mass is 10.0. The first-order chi connectivity index (χ1) is 7.65. The summed E-state index contributed by atoms with van der Waals surface area (Å²) in [6.07, 6.45) is 0. The molecule has 1 nitrogen and oxygen atoms in total. The van der Waals surface area contributed by atoms with Gasteiger partial charge in [0.05, 0.1) is 6.61 Å². The first kappa shape index (κ1) is 17.6. The van der Waals surface area contributed by atoms with Gasteiger partial charge in [-0.2, -0.15) is 0 Å². The van der Waals surface area contributed by atoms with Crippen LogP contribution in [0.5, 0.6) is 0 Å². The molecule has 1 heteroatoms. The second-order valence-electron chi connectivity index (χ2n) is 3.29. The van der Waals surface area contributed by atoms with Crippen molar-refractivity contribution < 1.29 is 4.74 Å². The summed E-state index contributed by atoms with van der Waals surface area (Å²) in [7, 11) is 1.73. The highest BCUT2D eigenvalue weighted by atomic mass is 16.5. The molecule has 1 aromatic rings. The van der Waals surface area contributed by atoms with E-state index < -0.39 is 0 Å². The van der Waals surface area contributed by atoms with Gasteiger partial charge in [0.2, 0.25) is 0 Å². The van der Waals surface area contributed by atoms with E-state index in [-0.39, 0.29) is 0 Å². The van der Waals surface area contributed by atoms with Crippen molar-refractivity contribution in [2.45, 2.75) is 55.1 Å². The minimum Gasteiger partial charge on any atom is -0.380 e. The van der Waals surface area contributed by atoms with Gasteiger partial charge in [-0.1, -0.05) is 39.8 Å². The summed E-state index contributed by atoms with van der Waals surface area (Å²) in [5, 5.41) is 0. The molecule has 0 aromatic heterocycles. The first-order valence-electron chi connectivity index (χ1n) is 6.21. The van der Waals surface area contributed by atoms with Gasteiger partial charge in [-0.15, -0.1) is 0 Å². The van der Waals surface area contributed by atoms with E-state index in [2.05, 4.69) is 32.9 Å². The van der Waals surface area contributed by atoms with Crippen LogP contribution in [0.3, 0.4) is 0 Å². The normalized spacial score (nSPS) is 8.50. The lowest BCUT2D eigenvalue weighted by Crippen LogP contribution is -1.93. The maximum Gasteiger partial charge on any atom is 0.0713 e. The number of hydrogen-bond donors (Lipinski definition) is 0. The number of ether oxygens (including phenoxy) is 1. The average Bonchev–Trinajstić information content (AvgIpc) is 2.31. The summed E-state index contributed by atoms with van der Waals surface area (Å²) in [6.45, 7) is 15.1. The molecule has 16 heavy (non-hydrogen) atoms. The van der Waals surface area contributed by atoms with Gasteiger partial charge in [-0.3, -0.25) is 0 Å². The average molecular weight is 224 g/mol. The molecular formula is C15H28O. The topological polar surface area (TPSA) is 9.23 Å². The largest absolute Gasteiger partial charge is 0.380 e. The Labute approximate surface area is 102 Å². The molecule has 0 saturated heterocycles. The van der Waals surface area contributed by atoms with E-state index in [0.29, 0.717) is 6.61 Å².